The standard InChI is InChI=1S/C20H26Cl2N2O6S/c1-11(2)17(23-18(25)15-6-5-13(21)9-16(15)22)20(27)30-12(3)19(26)24(4)14-7-8-31(28,29)10-14/h5-6,9,11-12,14,17H,7-8,10H2,1-4H3,(H,23,25)/t12-,14+,17-/m0/s1. The van der Waals surface area contributed by atoms with Gasteiger partial charge in [-0.3, -0.25) is 9.59 Å². The molecule has 2 rings (SSSR count). The molecule has 8 nitrogen and oxygen atoms in total. The van der Waals surface area contributed by atoms with Crippen molar-refractivity contribution in [2.24, 2.45) is 5.92 Å². The lowest BCUT2D eigenvalue weighted by Gasteiger charge is -2.28. The number of nitrogens with zero attached hydrogens (tertiary/aromatic N) is 1. The lowest BCUT2D eigenvalue weighted by atomic mass is 10.0. The van der Waals surface area contributed by atoms with Crippen LogP contribution in [-0.2, 0) is 24.2 Å². The van der Waals surface area contributed by atoms with Gasteiger partial charge < -0.3 is 15.0 Å². The minimum Gasteiger partial charge on any atom is -0.451 e. The maximum absolute atomic E-state index is 12.7. The van der Waals surface area contributed by atoms with Crippen LogP contribution in [0.1, 0.15) is 37.6 Å². The van der Waals surface area contributed by atoms with Gasteiger partial charge in [0.15, 0.2) is 15.9 Å². The van der Waals surface area contributed by atoms with Gasteiger partial charge in [-0.15, -0.1) is 0 Å². The second-order valence-electron chi connectivity index (χ2n) is 7.90. The Bertz CT molecular complexity index is 966. The normalized spacial score (nSPS) is 19.5. The van der Waals surface area contributed by atoms with Crippen molar-refractivity contribution < 1.29 is 27.5 Å². The number of ether oxygens (including phenoxy) is 1. The van der Waals surface area contributed by atoms with Crippen LogP contribution in [-0.4, -0.2) is 67.8 Å². The number of carbonyl (C=O) groups is 3. The fraction of sp³-hybridized carbons (Fsp3) is 0.550. The molecule has 0 unspecified atom stereocenters. The number of hydrogen-bond donors (Lipinski definition) is 1. The first kappa shape index (κ1) is 25.4. The van der Waals surface area contributed by atoms with Crippen LogP contribution in [0.4, 0.5) is 0 Å². The van der Waals surface area contributed by atoms with Crippen LogP contribution in [0.2, 0.25) is 10.0 Å². The van der Waals surface area contributed by atoms with Crippen LogP contribution in [0.3, 0.4) is 0 Å². The summed E-state index contributed by atoms with van der Waals surface area (Å²) in [5, 5.41) is 3.09. The molecule has 2 amide bonds. The van der Waals surface area contributed by atoms with Crippen LogP contribution < -0.4 is 5.32 Å². The zero-order chi connectivity index (χ0) is 23.5. The molecule has 0 saturated carbocycles. The molecule has 1 aromatic rings. The highest BCUT2D eigenvalue weighted by Crippen LogP contribution is 2.22. The van der Waals surface area contributed by atoms with Gasteiger partial charge in [-0.1, -0.05) is 37.0 Å². The number of carbonyl (C=O) groups excluding carboxylic acids is 3. The SMILES string of the molecule is CC(C)[C@H](NC(=O)c1ccc(Cl)cc1Cl)C(=O)O[C@@H](C)C(=O)N(C)[C@@H]1CCS(=O)(=O)C1. The van der Waals surface area contributed by atoms with Gasteiger partial charge in [0.25, 0.3) is 11.8 Å². The van der Waals surface area contributed by atoms with E-state index in [0.717, 1.165) is 0 Å². The van der Waals surface area contributed by atoms with Crippen molar-refractivity contribution in [2.75, 3.05) is 18.6 Å². The van der Waals surface area contributed by atoms with Crippen molar-refractivity contribution >= 4 is 50.8 Å². The fourth-order valence-corrected chi connectivity index (χ4v) is 5.50. The number of sulfone groups is 1. The topological polar surface area (TPSA) is 110 Å². The largest absolute Gasteiger partial charge is 0.451 e. The lowest BCUT2D eigenvalue weighted by molar-refractivity contribution is -0.161. The van der Waals surface area contributed by atoms with Crippen molar-refractivity contribution in [3.63, 3.8) is 0 Å². The van der Waals surface area contributed by atoms with Gasteiger partial charge >= 0.3 is 5.97 Å². The molecule has 0 aliphatic carbocycles. The molecule has 1 aromatic carbocycles. The second kappa shape index (κ2) is 10.2. The predicted octanol–water partition coefficient (Wildman–Crippen LogP) is 2.33. The van der Waals surface area contributed by atoms with E-state index in [2.05, 4.69) is 5.32 Å². The minimum absolute atomic E-state index is 0.0260. The molecule has 0 aromatic heterocycles. The van der Waals surface area contributed by atoms with Crippen molar-refractivity contribution in [2.45, 2.75) is 45.4 Å². The highest BCUT2D eigenvalue weighted by Gasteiger charge is 2.36. The summed E-state index contributed by atoms with van der Waals surface area (Å²) in [5.74, 6) is -2.28. The predicted molar refractivity (Wildman–Crippen MR) is 118 cm³/mol. The molecule has 1 aliphatic rings. The van der Waals surface area contributed by atoms with E-state index in [1.165, 1.54) is 37.1 Å². The Hall–Kier alpha value is -1.84. The van der Waals surface area contributed by atoms with Crippen LogP contribution in [0.15, 0.2) is 18.2 Å². The van der Waals surface area contributed by atoms with E-state index in [1.807, 2.05) is 0 Å². The van der Waals surface area contributed by atoms with Gasteiger partial charge in [-0.2, -0.15) is 0 Å². The Balaban J connectivity index is 2.04. The molecule has 0 radical (unpaired) electrons. The third-order valence-electron chi connectivity index (χ3n) is 5.13. The highest BCUT2D eigenvalue weighted by atomic mass is 35.5. The zero-order valence-corrected chi connectivity index (χ0v) is 20.1. The van der Waals surface area contributed by atoms with Crippen molar-refractivity contribution in [3.8, 4) is 0 Å². The van der Waals surface area contributed by atoms with E-state index in [4.69, 9.17) is 27.9 Å². The van der Waals surface area contributed by atoms with Crippen molar-refractivity contribution in [1.29, 1.82) is 0 Å². The Morgan fingerprint density at radius 1 is 1.19 bits per heavy atom. The molecule has 0 bridgehead atoms. The van der Waals surface area contributed by atoms with Crippen LogP contribution in [0, 0.1) is 5.92 Å². The molecule has 1 fully saturated rings. The summed E-state index contributed by atoms with van der Waals surface area (Å²) in [6, 6.07) is 2.89. The number of esters is 1. The first-order chi connectivity index (χ1) is 14.3. The van der Waals surface area contributed by atoms with E-state index in [1.54, 1.807) is 13.8 Å². The Kier molecular flexibility index (Phi) is 8.35. The second-order valence-corrected chi connectivity index (χ2v) is 11.0. The average molecular weight is 493 g/mol. The van der Waals surface area contributed by atoms with Gasteiger partial charge in [0, 0.05) is 18.1 Å². The molecule has 1 N–H and O–H groups in total. The number of benzene rings is 1. The molecule has 31 heavy (non-hydrogen) atoms. The summed E-state index contributed by atoms with van der Waals surface area (Å²) in [7, 11) is -1.67. The zero-order valence-electron chi connectivity index (χ0n) is 17.7. The van der Waals surface area contributed by atoms with Gasteiger partial charge in [-0.05, 0) is 37.5 Å². The number of amides is 2. The third kappa shape index (κ3) is 6.57. The molecular formula is C20H26Cl2N2O6S. The summed E-state index contributed by atoms with van der Waals surface area (Å²) in [4.78, 5) is 39.2. The monoisotopic (exact) mass is 492 g/mol. The first-order valence-electron chi connectivity index (χ1n) is 9.76. The lowest BCUT2D eigenvalue weighted by Crippen LogP contribution is -2.49. The van der Waals surface area contributed by atoms with Gasteiger partial charge in [-0.25, -0.2) is 13.2 Å². The average Bonchev–Trinajstić information content (AvgIpc) is 3.03. The quantitative estimate of drug-likeness (QED) is 0.584. The summed E-state index contributed by atoms with van der Waals surface area (Å²) < 4.78 is 28.6. The Morgan fingerprint density at radius 3 is 2.35 bits per heavy atom. The van der Waals surface area contributed by atoms with Crippen LogP contribution >= 0.6 is 23.2 Å². The molecule has 1 aliphatic heterocycles. The van der Waals surface area contributed by atoms with Crippen molar-refractivity contribution in [3.05, 3.63) is 33.8 Å². The van der Waals surface area contributed by atoms with E-state index in [0.29, 0.717) is 11.4 Å². The fourth-order valence-electron chi connectivity index (χ4n) is 3.24. The maximum Gasteiger partial charge on any atom is 0.329 e. The number of halogens is 2. The molecule has 11 heteroatoms. The van der Waals surface area contributed by atoms with Gasteiger partial charge in [0.1, 0.15) is 6.04 Å². The van der Waals surface area contributed by atoms with Gasteiger partial charge in [0.05, 0.1) is 22.1 Å². The molecule has 1 saturated heterocycles. The van der Waals surface area contributed by atoms with Crippen LogP contribution in [0.25, 0.3) is 0 Å². The molecule has 0 spiro atoms. The Labute approximate surface area is 192 Å². The Morgan fingerprint density at radius 2 is 1.84 bits per heavy atom. The number of nitrogens with one attached hydrogen (secondary N) is 1. The smallest absolute Gasteiger partial charge is 0.329 e. The third-order valence-corrected chi connectivity index (χ3v) is 7.43. The van der Waals surface area contributed by atoms with E-state index in [9.17, 15) is 22.8 Å². The van der Waals surface area contributed by atoms with E-state index in [-0.39, 0.29) is 28.0 Å². The van der Waals surface area contributed by atoms with E-state index < -0.39 is 45.8 Å². The molecule has 172 valence electrons. The number of rotatable bonds is 7. The van der Waals surface area contributed by atoms with Crippen LogP contribution in [0.5, 0.6) is 0 Å². The summed E-state index contributed by atoms with van der Waals surface area (Å²) in [5.41, 5.74) is 0.149. The van der Waals surface area contributed by atoms with E-state index >= 15 is 0 Å². The number of likely N-dealkylation sites (N-methyl/N-ethyl adjacent to an activating group) is 1. The maximum atomic E-state index is 12.7. The van der Waals surface area contributed by atoms with Crippen molar-refractivity contribution in [1.82, 2.24) is 10.2 Å². The summed E-state index contributed by atoms with van der Waals surface area (Å²) in [6.07, 6.45) is -0.796. The summed E-state index contributed by atoms with van der Waals surface area (Å²) >= 11 is 11.9. The first-order valence-corrected chi connectivity index (χ1v) is 12.3. The molecule has 3 atom stereocenters. The minimum atomic E-state index is -3.16. The summed E-state index contributed by atoms with van der Waals surface area (Å²) in [6.45, 7) is 4.85. The van der Waals surface area contributed by atoms with Gasteiger partial charge in [0.2, 0.25) is 0 Å². The number of hydrogen-bond acceptors (Lipinski definition) is 6. The molecule has 1 heterocycles. The highest BCUT2D eigenvalue weighted by molar-refractivity contribution is 7.91. The molecular weight excluding hydrogens is 467 g/mol.